The van der Waals surface area contributed by atoms with Gasteiger partial charge in [-0.25, -0.2) is 0 Å². The van der Waals surface area contributed by atoms with Gasteiger partial charge in [-0.1, -0.05) is 28.9 Å². The van der Waals surface area contributed by atoms with Crippen LogP contribution in [-0.2, 0) is 4.79 Å². The zero-order chi connectivity index (χ0) is 11.4. The van der Waals surface area contributed by atoms with Crippen molar-refractivity contribution in [3.8, 4) is 0 Å². The Balaban J connectivity index is 0.00000225. The van der Waals surface area contributed by atoms with Crippen LogP contribution in [0, 0.1) is 12.8 Å². The maximum atomic E-state index is 11.6. The molecule has 0 saturated carbocycles. The lowest BCUT2D eigenvalue weighted by atomic mass is 10.1. The lowest BCUT2D eigenvalue weighted by Gasteiger charge is -2.12. The lowest BCUT2D eigenvalue weighted by Crippen LogP contribution is -2.26. The molecular formula is C11H16BrClN2O. The van der Waals surface area contributed by atoms with Crippen LogP contribution in [0.2, 0.25) is 0 Å². The van der Waals surface area contributed by atoms with Crippen LogP contribution in [0.4, 0.5) is 5.69 Å². The van der Waals surface area contributed by atoms with Gasteiger partial charge in [0, 0.05) is 22.6 Å². The van der Waals surface area contributed by atoms with E-state index in [0.29, 0.717) is 6.54 Å². The number of nitrogens with two attached hydrogens (primary N) is 1. The summed E-state index contributed by atoms with van der Waals surface area (Å²) in [5.74, 6) is -0.206. The van der Waals surface area contributed by atoms with Gasteiger partial charge < -0.3 is 11.1 Å². The van der Waals surface area contributed by atoms with Gasteiger partial charge in [0.2, 0.25) is 5.91 Å². The second-order valence-corrected chi connectivity index (χ2v) is 4.39. The molecule has 0 aliphatic heterocycles. The van der Waals surface area contributed by atoms with Crippen molar-refractivity contribution in [2.75, 3.05) is 11.9 Å². The molecule has 0 bridgehead atoms. The highest BCUT2D eigenvalue weighted by atomic mass is 79.9. The third-order valence-corrected chi connectivity index (χ3v) is 3.19. The van der Waals surface area contributed by atoms with E-state index in [1.807, 2.05) is 32.0 Å². The third-order valence-electron chi connectivity index (χ3n) is 2.33. The maximum Gasteiger partial charge on any atom is 0.228 e. The second-order valence-electron chi connectivity index (χ2n) is 3.54. The zero-order valence-electron chi connectivity index (χ0n) is 9.29. The minimum absolute atomic E-state index is 0. The average molecular weight is 308 g/mol. The highest BCUT2D eigenvalue weighted by Crippen LogP contribution is 2.23. The summed E-state index contributed by atoms with van der Waals surface area (Å²) in [6.45, 7) is 4.12. The largest absolute Gasteiger partial charge is 0.330 e. The van der Waals surface area contributed by atoms with E-state index in [4.69, 9.17) is 5.73 Å². The molecule has 3 N–H and O–H groups in total. The number of anilines is 1. The minimum atomic E-state index is -0.164. The van der Waals surface area contributed by atoms with Gasteiger partial charge in [0.15, 0.2) is 0 Å². The fourth-order valence-corrected chi connectivity index (χ4v) is 1.47. The van der Waals surface area contributed by atoms with E-state index >= 15 is 0 Å². The molecule has 0 spiro atoms. The molecule has 0 heterocycles. The van der Waals surface area contributed by atoms with E-state index in [1.165, 1.54) is 0 Å². The van der Waals surface area contributed by atoms with Gasteiger partial charge in [-0.2, -0.15) is 0 Å². The molecule has 1 unspecified atom stereocenters. The van der Waals surface area contributed by atoms with Crippen LogP contribution < -0.4 is 11.1 Å². The Hall–Kier alpha value is -0.580. The first kappa shape index (κ1) is 15.4. The van der Waals surface area contributed by atoms with Crippen LogP contribution in [-0.4, -0.2) is 12.5 Å². The fraction of sp³-hybridized carbons (Fsp3) is 0.364. The van der Waals surface area contributed by atoms with Gasteiger partial charge in [-0.15, -0.1) is 12.4 Å². The molecule has 5 heteroatoms. The summed E-state index contributed by atoms with van der Waals surface area (Å²) in [5, 5.41) is 2.85. The van der Waals surface area contributed by atoms with Gasteiger partial charge in [-0.05, 0) is 24.6 Å². The first-order valence-electron chi connectivity index (χ1n) is 4.82. The van der Waals surface area contributed by atoms with E-state index in [-0.39, 0.29) is 24.2 Å². The zero-order valence-corrected chi connectivity index (χ0v) is 11.7. The van der Waals surface area contributed by atoms with Crippen molar-refractivity contribution in [3.05, 3.63) is 28.2 Å². The predicted molar refractivity (Wildman–Crippen MR) is 73.0 cm³/mol. The molecule has 16 heavy (non-hydrogen) atoms. The predicted octanol–water partition coefficient (Wildman–Crippen LogP) is 2.71. The Morgan fingerprint density at radius 1 is 1.56 bits per heavy atom. The Morgan fingerprint density at radius 2 is 2.19 bits per heavy atom. The van der Waals surface area contributed by atoms with Crippen molar-refractivity contribution in [2.45, 2.75) is 13.8 Å². The Labute approximate surface area is 110 Å². The summed E-state index contributed by atoms with van der Waals surface area (Å²) in [6.07, 6.45) is 0. The normalized spacial score (nSPS) is 11.5. The standard InChI is InChI=1S/C11H15BrN2O.ClH/c1-7(6-13)11(15)14-10-5-3-4-9(12)8(10)2;/h3-5,7H,6,13H2,1-2H3,(H,14,15);1H. The van der Waals surface area contributed by atoms with Crippen molar-refractivity contribution < 1.29 is 4.79 Å². The van der Waals surface area contributed by atoms with E-state index in [1.54, 1.807) is 0 Å². The molecule has 0 aliphatic carbocycles. The number of carbonyl (C=O) groups excluding carboxylic acids is 1. The first-order valence-corrected chi connectivity index (χ1v) is 5.61. The van der Waals surface area contributed by atoms with Crippen molar-refractivity contribution in [1.29, 1.82) is 0 Å². The average Bonchev–Trinajstić information content (AvgIpc) is 2.23. The fourth-order valence-electron chi connectivity index (χ4n) is 1.11. The van der Waals surface area contributed by atoms with E-state index < -0.39 is 0 Å². The van der Waals surface area contributed by atoms with E-state index in [9.17, 15) is 4.79 Å². The number of benzene rings is 1. The maximum absolute atomic E-state index is 11.6. The van der Waals surface area contributed by atoms with Crippen LogP contribution in [0.5, 0.6) is 0 Å². The topological polar surface area (TPSA) is 55.1 Å². The van der Waals surface area contributed by atoms with Gasteiger partial charge >= 0.3 is 0 Å². The molecule has 0 saturated heterocycles. The van der Waals surface area contributed by atoms with E-state index in [2.05, 4.69) is 21.2 Å². The lowest BCUT2D eigenvalue weighted by molar-refractivity contribution is -0.119. The highest BCUT2D eigenvalue weighted by Gasteiger charge is 2.12. The number of hydrogen-bond donors (Lipinski definition) is 2. The molecule has 90 valence electrons. The SMILES string of the molecule is Cc1c(Br)cccc1NC(=O)C(C)CN.Cl. The number of carbonyl (C=O) groups is 1. The highest BCUT2D eigenvalue weighted by molar-refractivity contribution is 9.10. The third kappa shape index (κ3) is 3.77. The number of halogens is 2. The summed E-state index contributed by atoms with van der Waals surface area (Å²) >= 11 is 3.41. The number of nitrogens with one attached hydrogen (secondary N) is 1. The Bertz CT molecular complexity index is 371. The van der Waals surface area contributed by atoms with E-state index in [0.717, 1.165) is 15.7 Å². The number of rotatable bonds is 3. The molecular weight excluding hydrogens is 291 g/mol. The van der Waals surface area contributed by atoms with Gasteiger partial charge in [0.05, 0.1) is 0 Å². The summed E-state index contributed by atoms with van der Waals surface area (Å²) in [5.41, 5.74) is 7.28. The molecule has 0 aromatic heterocycles. The molecule has 0 aliphatic rings. The van der Waals surface area contributed by atoms with Crippen LogP contribution in [0.3, 0.4) is 0 Å². The van der Waals surface area contributed by atoms with Crippen molar-refractivity contribution in [3.63, 3.8) is 0 Å². The minimum Gasteiger partial charge on any atom is -0.330 e. The number of amides is 1. The van der Waals surface area contributed by atoms with Gasteiger partial charge in [0.1, 0.15) is 0 Å². The number of hydrogen-bond acceptors (Lipinski definition) is 2. The molecule has 1 aromatic carbocycles. The quantitative estimate of drug-likeness (QED) is 0.902. The summed E-state index contributed by atoms with van der Waals surface area (Å²) < 4.78 is 0.987. The van der Waals surface area contributed by atoms with Gasteiger partial charge in [-0.3, -0.25) is 4.79 Å². The molecule has 1 aromatic rings. The molecule has 1 atom stereocenters. The molecule has 1 rings (SSSR count). The molecule has 1 amide bonds. The summed E-state index contributed by atoms with van der Waals surface area (Å²) in [4.78, 5) is 11.6. The molecule has 0 radical (unpaired) electrons. The molecule has 0 fully saturated rings. The van der Waals surface area contributed by atoms with Crippen LogP contribution >= 0.6 is 28.3 Å². The smallest absolute Gasteiger partial charge is 0.228 e. The van der Waals surface area contributed by atoms with Crippen LogP contribution in [0.1, 0.15) is 12.5 Å². The summed E-state index contributed by atoms with van der Waals surface area (Å²) in [7, 11) is 0. The van der Waals surface area contributed by atoms with Gasteiger partial charge in [0.25, 0.3) is 0 Å². The Kier molecular flexibility index (Phi) is 6.64. The first-order chi connectivity index (χ1) is 7.06. The van der Waals surface area contributed by atoms with Crippen molar-refractivity contribution in [2.24, 2.45) is 11.7 Å². The second kappa shape index (κ2) is 6.89. The van der Waals surface area contributed by atoms with Crippen molar-refractivity contribution >= 4 is 39.9 Å². The summed E-state index contributed by atoms with van der Waals surface area (Å²) in [6, 6.07) is 5.71. The van der Waals surface area contributed by atoms with Crippen molar-refractivity contribution in [1.82, 2.24) is 0 Å². The Morgan fingerprint density at radius 3 is 2.75 bits per heavy atom. The van der Waals surface area contributed by atoms with Crippen LogP contribution in [0.15, 0.2) is 22.7 Å². The monoisotopic (exact) mass is 306 g/mol. The van der Waals surface area contributed by atoms with Crippen LogP contribution in [0.25, 0.3) is 0 Å². The molecule has 3 nitrogen and oxygen atoms in total.